The highest BCUT2D eigenvalue weighted by Gasteiger charge is 2.47. The van der Waals surface area contributed by atoms with E-state index in [0.717, 1.165) is 26.8 Å². The van der Waals surface area contributed by atoms with Crippen LogP contribution in [-0.4, -0.2) is 56.9 Å². The van der Waals surface area contributed by atoms with Crippen molar-refractivity contribution >= 4 is 44.3 Å². The summed E-state index contributed by atoms with van der Waals surface area (Å²) in [6.45, 7) is 2.64. The SMILES string of the molecule is C[C@@H]1O[C@H](C2CN(c3ccc(Br)cc3)N=C2c2ccc(F)cn2)N(CCc2ccc3[nH]c(=O)[nH]c3c2)C1=O. The van der Waals surface area contributed by atoms with Crippen molar-refractivity contribution in [3.8, 4) is 0 Å². The van der Waals surface area contributed by atoms with Gasteiger partial charge in [0.1, 0.15) is 18.1 Å². The fourth-order valence-electron chi connectivity index (χ4n) is 5.02. The van der Waals surface area contributed by atoms with Crippen LogP contribution in [0.4, 0.5) is 10.1 Å². The van der Waals surface area contributed by atoms with Crippen LogP contribution in [-0.2, 0) is 16.0 Å². The summed E-state index contributed by atoms with van der Waals surface area (Å²) in [5.74, 6) is -0.842. The molecule has 0 saturated carbocycles. The molecular weight excluding hydrogens is 555 g/mol. The third-order valence-electron chi connectivity index (χ3n) is 6.91. The van der Waals surface area contributed by atoms with Gasteiger partial charge in [0.15, 0.2) is 0 Å². The third-order valence-corrected chi connectivity index (χ3v) is 7.44. The Kier molecular flexibility index (Phi) is 6.32. The molecule has 1 amide bonds. The zero-order valence-corrected chi connectivity index (χ0v) is 22.0. The van der Waals surface area contributed by atoms with Crippen molar-refractivity contribution < 1.29 is 13.9 Å². The number of nitrogens with one attached hydrogen (secondary N) is 2. The molecule has 2 N–H and O–H groups in total. The number of nitrogens with zero attached hydrogens (tertiary/aromatic N) is 4. The fraction of sp³-hybridized carbons (Fsp3) is 0.259. The first-order valence-electron chi connectivity index (χ1n) is 12.3. The lowest BCUT2D eigenvalue weighted by molar-refractivity contribution is -0.130. The minimum Gasteiger partial charge on any atom is -0.345 e. The summed E-state index contributed by atoms with van der Waals surface area (Å²) in [5.41, 5.74) is 4.23. The molecule has 0 aliphatic carbocycles. The second kappa shape index (κ2) is 9.80. The number of ether oxygens (including phenoxy) is 1. The van der Waals surface area contributed by atoms with Gasteiger partial charge in [-0.25, -0.2) is 9.18 Å². The molecule has 2 aliphatic heterocycles. The van der Waals surface area contributed by atoms with E-state index in [4.69, 9.17) is 9.84 Å². The number of halogens is 2. The van der Waals surface area contributed by atoms with E-state index in [1.54, 1.807) is 17.9 Å². The van der Waals surface area contributed by atoms with E-state index in [0.29, 0.717) is 30.9 Å². The number of H-pyrrole nitrogens is 2. The Balaban J connectivity index is 1.29. The molecule has 1 unspecified atom stereocenters. The number of carbonyl (C=O) groups excluding carboxylic acids is 1. The van der Waals surface area contributed by atoms with Crippen molar-refractivity contribution in [3.05, 3.63) is 92.8 Å². The van der Waals surface area contributed by atoms with Crippen LogP contribution in [0.15, 0.2) is 75.2 Å². The fourth-order valence-corrected chi connectivity index (χ4v) is 5.29. The van der Waals surface area contributed by atoms with Gasteiger partial charge in [0.2, 0.25) is 0 Å². The highest BCUT2D eigenvalue weighted by atomic mass is 79.9. The molecule has 1 saturated heterocycles. The average Bonchev–Trinajstić information content (AvgIpc) is 3.58. The minimum atomic E-state index is -0.604. The molecule has 194 valence electrons. The molecule has 2 aromatic heterocycles. The van der Waals surface area contributed by atoms with E-state index in [1.807, 2.05) is 47.5 Å². The minimum absolute atomic E-state index is 0.0976. The van der Waals surface area contributed by atoms with E-state index in [9.17, 15) is 14.0 Å². The molecule has 3 atom stereocenters. The lowest BCUT2D eigenvalue weighted by atomic mass is 9.98. The Morgan fingerprint density at radius 1 is 1.08 bits per heavy atom. The highest BCUT2D eigenvalue weighted by molar-refractivity contribution is 9.10. The summed E-state index contributed by atoms with van der Waals surface area (Å²) < 4.78 is 20.8. The lowest BCUT2D eigenvalue weighted by Crippen LogP contribution is -2.44. The second-order valence-electron chi connectivity index (χ2n) is 9.42. The van der Waals surface area contributed by atoms with Gasteiger partial charge in [-0.2, -0.15) is 5.10 Å². The quantitative estimate of drug-likeness (QED) is 0.362. The predicted molar refractivity (Wildman–Crippen MR) is 144 cm³/mol. The monoisotopic (exact) mass is 578 g/mol. The molecule has 4 heterocycles. The van der Waals surface area contributed by atoms with Gasteiger partial charge in [-0.3, -0.25) is 14.8 Å². The third kappa shape index (κ3) is 4.63. The molecule has 6 rings (SSSR count). The van der Waals surface area contributed by atoms with Crippen molar-refractivity contribution in [2.24, 2.45) is 11.0 Å². The van der Waals surface area contributed by atoms with Gasteiger partial charge in [0.05, 0.1) is 46.8 Å². The smallest absolute Gasteiger partial charge is 0.323 e. The normalized spacial score (nSPS) is 21.5. The van der Waals surface area contributed by atoms with Gasteiger partial charge in [-0.05, 0) is 67.4 Å². The summed E-state index contributed by atoms with van der Waals surface area (Å²) >= 11 is 3.46. The van der Waals surface area contributed by atoms with Crippen LogP contribution in [0.1, 0.15) is 18.2 Å². The number of benzene rings is 2. The Morgan fingerprint density at radius 3 is 2.63 bits per heavy atom. The number of fused-ring (bicyclic) bond motifs is 1. The highest BCUT2D eigenvalue weighted by Crippen LogP contribution is 2.33. The van der Waals surface area contributed by atoms with Crippen LogP contribution in [0.25, 0.3) is 11.0 Å². The summed E-state index contributed by atoms with van der Waals surface area (Å²) in [4.78, 5) is 36.4. The largest absolute Gasteiger partial charge is 0.345 e. The zero-order valence-electron chi connectivity index (χ0n) is 20.4. The van der Waals surface area contributed by atoms with E-state index in [1.165, 1.54) is 12.3 Å². The maximum atomic E-state index is 13.7. The molecule has 38 heavy (non-hydrogen) atoms. The number of amides is 1. The number of imidazole rings is 1. The maximum absolute atomic E-state index is 13.7. The van der Waals surface area contributed by atoms with Crippen LogP contribution in [0.2, 0.25) is 0 Å². The summed E-state index contributed by atoms with van der Waals surface area (Å²) in [7, 11) is 0. The Hall–Kier alpha value is -3.83. The molecule has 2 aliphatic rings. The van der Waals surface area contributed by atoms with Crippen molar-refractivity contribution in [1.29, 1.82) is 0 Å². The Labute approximate surface area is 225 Å². The maximum Gasteiger partial charge on any atom is 0.323 e. The number of rotatable bonds is 6. The topological polar surface area (TPSA) is 107 Å². The molecule has 1 fully saturated rings. The molecule has 2 aromatic carbocycles. The predicted octanol–water partition coefficient (Wildman–Crippen LogP) is 3.81. The number of hydrazone groups is 1. The van der Waals surface area contributed by atoms with Crippen molar-refractivity contribution in [3.63, 3.8) is 0 Å². The number of anilines is 1. The van der Waals surface area contributed by atoms with Crippen molar-refractivity contribution in [2.45, 2.75) is 25.7 Å². The van der Waals surface area contributed by atoms with E-state index < -0.39 is 18.1 Å². The van der Waals surface area contributed by atoms with E-state index in [2.05, 4.69) is 30.9 Å². The first-order chi connectivity index (χ1) is 18.4. The average molecular weight is 579 g/mol. The molecule has 4 aromatic rings. The molecule has 9 nitrogen and oxygen atoms in total. The van der Waals surface area contributed by atoms with Crippen molar-refractivity contribution in [2.75, 3.05) is 18.1 Å². The number of pyridine rings is 1. The van der Waals surface area contributed by atoms with Crippen LogP contribution < -0.4 is 10.7 Å². The molecule has 0 spiro atoms. The number of carbonyl (C=O) groups is 1. The lowest BCUT2D eigenvalue weighted by Gasteiger charge is -2.29. The van der Waals surface area contributed by atoms with Gasteiger partial charge in [-0.15, -0.1) is 0 Å². The summed E-state index contributed by atoms with van der Waals surface area (Å²) in [6.07, 6.45) is 0.568. The van der Waals surface area contributed by atoms with Crippen LogP contribution in [0, 0.1) is 11.7 Å². The standard InChI is InChI=1S/C27H24BrFN6O3/c1-15-25(36)34(11-10-16-2-8-21-23(12-16)32-27(37)31-21)26(38-15)20-14-35(19-6-3-17(28)4-7-19)33-24(20)22-9-5-18(29)13-30-22/h2-9,12-13,15,20,26H,10-11,14H2,1H3,(H2,31,32,37)/t15-,20?,26+/m0/s1. The second-order valence-corrected chi connectivity index (χ2v) is 10.3. The van der Waals surface area contributed by atoms with E-state index in [-0.39, 0.29) is 17.5 Å². The number of aromatic nitrogens is 3. The zero-order chi connectivity index (χ0) is 26.4. The molecule has 0 radical (unpaired) electrons. The van der Waals surface area contributed by atoms with Crippen molar-refractivity contribution in [1.82, 2.24) is 19.9 Å². The first-order valence-corrected chi connectivity index (χ1v) is 13.1. The number of aromatic amines is 2. The van der Waals surface area contributed by atoms with Gasteiger partial charge in [0, 0.05) is 11.0 Å². The van der Waals surface area contributed by atoms with Crippen LogP contribution >= 0.6 is 15.9 Å². The van der Waals surface area contributed by atoms with Gasteiger partial charge in [0.25, 0.3) is 5.91 Å². The number of hydrogen-bond donors (Lipinski definition) is 2. The van der Waals surface area contributed by atoms with Gasteiger partial charge >= 0.3 is 5.69 Å². The molecule has 11 heteroatoms. The van der Waals surface area contributed by atoms with Crippen LogP contribution in [0.3, 0.4) is 0 Å². The van der Waals surface area contributed by atoms with Crippen LogP contribution in [0.5, 0.6) is 0 Å². The first kappa shape index (κ1) is 24.5. The molecular formula is C27H24BrFN6O3. The van der Waals surface area contributed by atoms with E-state index >= 15 is 0 Å². The molecule has 0 bridgehead atoms. The Morgan fingerprint density at radius 2 is 1.87 bits per heavy atom. The summed E-state index contributed by atoms with van der Waals surface area (Å²) in [5, 5.41) is 6.71. The number of hydrogen-bond acceptors (Lipinski definition) is 6. The van der Waals surface area contributed by atoms with Gasteiger partial charge < -0.3 is 19.6 Å². The Bertz CT molecular complexity index is 1580. The summed E-state index contributed by atoms with van der Waals surface area (Å²) in [6, 6.07) is 16.4. The van der Waals surface area contributed by atoms with Gasteiger partial charge in [-0.1, -0.05) is 22.0 Å².